The largest absolute Gasteiger partial charge is 0.508 e. The number of rotatable bonds is 10. The summed E-state index contributed by atoms with van der Waals surface area (Å²) in [5.74, 6) is 1.12. The summed E-state index contributed by atoms with van der Waals surface area (Å²) in [5, 5.41) is 21.1. The van der Waals surface area contributed by atoms with Crippen molar-refractivity contribution in [3.05, 3.63) is 131 Å². The molecule has 4 aromatic rings. The van der Waals surface area contributed by atoms with Gasteiger partial charge in [-0.25, -0.2) is 0 Å². The zero-order chi connectivity index (χ0) is 26.2. The quantitative estimate of drug-likeness (QED) is 0.259. The van der Waals surface area contributed by atoms with E-state index in [4.69, 9.17) is 0 Å². The third kappa shape index (κ3) is 6.45. The Bertz CT molecular complexity index is 1170. The van der Waals surface area contributed by atoms with Crippen molar-refractivity contribution in [1.82, 2.24) is 9.80 Å². The van der Waals surface area contributed by atoms with E-state index in [0.717, 1.165) is 63.2 Å². The van der Waals surface area contributed by atoms with Crippen LogP contribution in [0.3, 0.4) is 0 Å². The van der Waals surface area contributed by atoms with Gasteiger partial charge in [0, 0.05) is 49.1 Å². The lowest BCUT2D eigenvalue weighted by Gasteiger charge is -2.36. The molecule has 2 N–H and O–H groups in total. The third-order valence-electron chi connectivity index (χ3n) is 7.96. The molecule has 0 amide bonds. The Hall–Kier alpha value is -3.60. The highest BCUT2D eigenvalue weighted by atomic mass is 16.3. The smallest absolute Gasteiger partial charge is 0.119 e. The molecule has 1 saturated heterocycles. The van der Waals surface area contributed by atoms with Crippen LogP contribution in [0.1, 0.15) is 46.9 Å². The predicted octanol–water partition coefficient (Wildman–Crippen LogP) is 6.46. The van der Waals surface area contributed by atoms with E-state index in [-0.39, 0.29) is 11.8 Å². The van der Waals surface area contributed by atoms with Crippen molar-refractivity contribution in [3.63, 3.8) is 0 Å². The molecule has 1 fully saturated rings. The van der Waals surface area contributed by atoms with Crippen molar-refractivity contribution in [3.8, 4) is 11.5 Å². The Balaban J connectivity index is 1.18. The van der Waals surface area contributed by atoms with Gasteiger partial charge in [0.25, 0.3) is 0 Å². The van der Waals surface area contributed by atoms with E-state index in [0.29, 0.717) is 11.5 Å². The fourth-order valence-corrected chi connectivity index (χ4v) is 5.80. The van der Waals surface area contributed by atoms with Crippen LogP contribution in [0, 0.1) is 0 Å². The molecule has 0 bridgehead atoms. The van der Waals surface area contributed by atoms with Crippen molar-refractivity contribution in [2.45, 2.75) is 24.7 Å². The number of phenols is 2. The number of benzene rings is 4. The number of piperazine rings is 1. The normalized spacial score (nSPS) is 16.2. The summed E-state index contributed by atoms with van der Waals surface area (Å²) in [6.07, 6.45) is 1.95. The summed E-state index contributed by atoms with van der Waals surface area (Å²) in [6, 6.07) is 36.6. The predicted molar refractivity (Wildman–Crippen MR) is 155 cm³/mol. The van der Waals surface area contributed by atoms with Gasteiger partial charge in [-0.15, -0.1) is 0 Å². The summed E-state index contributed by atoms with van der Waals surface area (Å²) in [4.78, 5) is 5.12. The maximum absolute atomic E-state index is 10.6. The molecule has 4 aromatic carbocycles. The summed E-state index contributed by atoms with van der Waals surface area (Å²) < 4.78 is 0. The van der Waals surface area contributed by atoms with Crippen LogP contribution in [0.2, 0.25) is 0 Å². The molecule has 0 radical (unpaired) electrons. The highest BCUT2D eigenvalue weighted by Gasteiger charge is 2.23. The maximum Gasteiger partial charge on any atom is 0.119 e. The molecule has 5 rings (SSSR count). The summed E-state index contributed by atoms with van der Waals surface area (Å²) >= 11 is 0. The Morgan fingerprint density at radius 3 is 1.18 bits per heavy atom. The minimum atomic E-state index is 0.181. The van der Waals surface area contributed by atoms with Crippen LogP contribution in [-0.4, -0.2) is 59.3 Å². The van der Waals surface area contributed by atoms with E-state index in [9.17, 15) is 10.2 Å². The molecule has 4 nitrogen and oxygen atoms in total. The lowest BCUT2D eigenvalue weighted by atomic mass is 9.87. The number of hydrogen-bond donors (Lipinski definition) is 2. The second-order valence-electron chi connectivity index (χ2n) is 10.3. The molecular formula is C34H38N2O2. The second-order valence-corrected chi connectivity index (χ2v) is 10.3. The van der Waals surface area contributed by atoms with Gasteiger partial charge in [-0.3, -0.25) is 0 Å². The summed E-state index contributed by atoms with van der Waals surface area (Å²) in [5.41, 5.74) is 4.52. The van der Waals surface area contributed by atoms with E-state index in [1.54, 1.807) is 12.1 Å². The average molecular weight is 507 g/mol. The second kappa shape index (κ2) is 12.8. The zero-order valence-corrected chi connectivity index (χ0v) is 22.0. The number of para-hydroxylation sites is 2. The van der Waals surface area contributed by atoms with Crippen LogP contribution in [-0.2, 0) is 0 Å². The van der Waals surface area contributed by atoms with E-state index in [1.807, 2.05) is 36.4 Å². The Morgan fingerprint density at radius 2 is 0.816 bits per heavy atom. The van der Waals surface area contributed by atoms with E-state index >= 15 is 0 Å². The maximum atomic E-state index is 10.6. The van der Waals surface area contributed by atoms with Crippen LogP contribution in [0.15, 0.2) is 109 Å². The fraction of sp³-hybridized carbons (Fsp3) is 0.294. The van der Waals surface area contributed by atoms with Gasteiger partial charge < -0.3 is 20.0 Å². The number of aromatic hydroxyl groups is 2. The average Bonchev–Trinajstić information content (AvgIpc) is 2.97. The first-order valence-corrected chi connectivity index (χ1v) is 13.8. The molecule has 38 heavy (non-hydrogen) atoms. The molecule has 0 spiro atoms. The van der Waals surface area contributed by atoms with Crippen molar-refractivity contribution >= 4 is 0 Å². The first-order chi connectivity index (χ1) is 18.7. The molecule has 4 heteroatoms. The molecule has 0 aromatic heterocycles. The van der Waals surface area contributed by atoms with Crippen LogP contribution < -0.4 is 0 Å². The van der Waals surface area contributed by atoms with E-state index in [1.165, 1.54) is 11.1 Å². The monoisotopic (exact) mass is 506 g/mol. The van der Waals surface area contributed by atoms with Gasteiger partial charge in [0.15, 0.2) is 0 Å². The molecule has 2 atom stereocenters. The summed E-state index contributed by atoms with van der Waals surface area (Å²) in [6.45, 7) is 6.21. The number of hydrogen-bond acceptors (Lipinski definition) is 4. The molecular weight excluding hydrogens is 468 g/mol. The molecule has 0 unspecified atom stereocenters. The SMILES string of the molecule is Oc1ccccc1[C@H](CCN1CCN(CC[C@@H](c2ccccc2)c2ccccc2O)CC1)c1ccccc1. The Morgan fingerprint density at radius 1 is 0.474 bits per heavy atom. The minimum Gasteiger partial charge on any atom is -0.508 e. The van der Waals surface area contributed by atoms with Gasteiger partial charge in [0.2, 0.25) is 0 Å². The van der Waals surface area contributed by atoms with E-state index < -0.39 is 0 Å². The standard InChI is InChI=1S/C34H38N2O2/c37-33-17-9-7-15-31(33)29(27-11-3-1-4-12-27)19-21-35-23-25-36(26-24-35)22-20-30(28-13-5-2-6-14-28)32-16-8-10-18-34(32)38/h1-18,29-30,37-38H,19-26H2/t29-,30+. The van der Waals surface area contributed by atoms with Crippen molar-refractivity contribution in [1.29, 1.82) is 0 Å². The van der Waals surface area contributed by atoms with Gasteiger partial charge in [-0.2, -0.15) is 0 Å². The van der Waals surface area contributed by atoms with Crippen LogP contribution in [0.5, 0.6) is 11.5 Å². The van der Waals surface area contributed by atoms with Gasteiger partial charge in [0.05, 0.1) is 0 Å². The first kappa shape index (κ1) is 26.0. The van der Waals surface area contributed by atoms with Crippen LogP contribution in [0.4, 0.5) is 0 Å². The number of phenolic OH excluding ortho intramolecular Hbond substituents is 2. The molecule has 196 valence electrons. The fourth-order valence-electron chi connectivity index (χ4n) is 5.80. The highest BCUT2D eigenvalue weighted by molar-refractivity contribution is 5.42. The minimum absolute atomic E-state index is 0.181. The topological polar surface area (TPSA) is 46.9 Å². The van der Waals surface area contributed by atoms with Crippen LogP contribution >= 0.6 is 0 Å². The van der Waals surface area contributed by atoms with Gasteiger partial charge in [0.1, 0.15) is 11.5 Å². The Labute approximate surface area is 226 Å². The number of nitrogens with zero attached hydrogens (tertiary/aromatic N) is 2. The molecule has 0 saturated carbocycles. The molecule has 0 aliphatic carbocycles. The Kier molecular flexibility index (Phi) is 8.75. The molecule has 1 heterocycles. The van der Waals surface area contributed by atoms with Crippen molar-refractivity contribution < 1.29 is 10.2 Å². The van der Waals surface area contributed by atoms with Crippen molar-refractivity contribution in [2.24, 2.45) is 0 Å². The van der Waals surface area contributed by atoms with Crippen LogP contribution in [0.25, 0.3) is 0 Å². The molecule has 1 aliphatic rings. The highest BCUT2D eigenvalue weighted by Crippen LogP contribution is 2.35. The third-order valence-corrected chi connectivity index (χ3v) is 7.96. The lowest BCUT2D eigenvalue weighted by Crippen LogP contribution is -2.47. The lowest BCUT2D eigenvalue weighted by molar-refractivity contribution is 0.128. The van der Waals surface area contributed by atoms with E-state index in [2.05, 4.69) is 70.5 Å². The first-order valence-electron chi connectivity index (χ1n) is 13.8. The summed E-state index contributed by atoms with van der Waals surface area (Å²) in [7, 11) is 0. The van der Waals surface area contributed by atoms with Gasteiger partial charge >= 0.3 is 0 Å². The van der Waals surface area contributed by atoms with Gasteiger partial charge in [-0.1, -0.05) is 97.1 Å². The molecule has 1 aliphatic heterocycles. The van der Waals surface area contributed by atoms with Gasteiger partial charge in [-0.05, 0) is 49.2 Å². The van der Waals surface area contributed by atoms with Crippen molar-refractivity contribution in [2.75, 3.05) is 39.3 Å². The zero-order valence-electron chi connectivity index (χ0n) is 22.0.